The fourth-order valence-corrected chi connectivity index (χ4v) is 2.79. The topological polar surface area (TPSA) is 111 Å². The van der Waals surface area contributed by atoms with Crippen molar-refractivity contribution in [3.63, 3.8) is 0 Å². The Bertz CT molecular complexity index is 873. The van der Waals surface area contributed by atoms with Gasteiger partial charge in [0.15, 0.2) is 0 Å². The molecule has 2 aromatic rings. The van der Waals surface area contributed by atoms with Gasteiger partial charge in [0.2, 0.25) is 0 Å². The van der Waals surface area contributed by atoms with Crippen molar-refractivity contribution in [3.8, 4) is 0 Å². The number of nitro benzene ring substituents is 1. The van der Waals surface area contributed by atoms with Crippen molar-refractivity contribution >= 4 is 28.9 Å². The van der Waals surface area contributed by atoms with E-state index in [1.54, 1.807) is 31.2 Å². The summed E-state index contributed by atoms with van der Waals surface area (Å²) in [6, 6.07) is 10.9. The molecule has 0 aromatic heterocycles. The lowest BCUT2D eigenvalue weighted by Crippen LogP contribution is -2.26. The molecule has 0 radical (unpaired) electrons. The molecule has 2 amide bonds. The van der Waals surface area contributed by atoms with Crippen LogP contribution in [0.3, 0.4) is 0 Å². The summed E-state index contributed by atoms with van der Waals surface area (Å²) in [4.78, 5) is 34.8. The van der Waals surface area contributed by atoms with E-state index in [4.69, 9.17) is 4.74 Å². The van der Waals surface area contributed by atoms with Crippen LogP contribution in [0.15, 0.2) is 42.5 Å². The van der Waals surface area contributed by atoms with Crippen LogP contribution in [0, 0.1) is 17.0 Å². The summed E-state index contributed by atoms with van der Waals surface area (Å²) in [6.07, 6.45) is 1.17. The second-order valence-electron chi connectivity index (χ2n) is 6.28. The van der Waals surface area contributed by atoms with Crippen molar-refractivity contribution in [2.24, 2.45) is 0 Å². The van der Waals surface area contributed by atoms with Crippen LogP contribution in [0.4, 0.5) is 17.1 Å². The van der Waals surface area contributed by atoms with E-state index in [0.29, 0.717) is 30.0 Å². The Morgan fingerprint density at radius 2 is 1.78 bits per heavy atom. The monoisotopic (exact) mass is 369 g/mol. The zero-order valence-electron chi connectivity index (χ0n) is 14.7. The van der Waals surface area contributed by atoms with E-state index >= 15 is 0 Å². The Kier molecular flexibility index (Phi) is 5.46. The smallest absolute Gasteiger partial charge is 0.273 e. The minimum Gasteiger partial charge on any atom is -0.368 e. The van der Waals surface area contributed by atoms with Crippen LogP contribution in [0.1, 0.15) is 28.8 Å². The van der Waals surface area contributed by atoms with Crippen LogP contribution < -0.4 is 10.6 Å². The highest BCUT2D eigenvalue weighted by Gasteiger charge is 2.23. The molecule has 1 unspecified atom stereocenters. The summed E-state index contributed by atoms with van der Waals surface area (Å²) in [5.41, 5.74) is 1.69. The van der Waals surface area contributed by atoms with Gasteiger partial charge in [-0.3, -0.25) is 19.7 Å². The van der Waals surface area contributed by atoms with E-state index in [1.165, 1.54) is 18.2 Å². The molecular weight excluding hydrogens is 350 g/mol. The number of hydrogen-bond acceptors (Lipinski definition) is 5. The molecule has 1 aliphatic heterocycles. The second kappa shape index (κ2) is 7.96. The SMILES string of the molecule is Cc1ccc(C(=O)Nc2ccc(NC(=O)C3CCCO3)cc2)cc1[N+](=O)[O-]. The van der Waals surface area contributed by atoms with Crippen LogP contribution in [0.2, 0.25) is 0 Å². The van der Waals surface area contributed by atoms with Gasteiger partial charge in [0.25, 0.3) is 17.5 Å². The van der Waals surface area contributed by atoms with Crippen LogP contribution in [0.5, 0.6) is 0 Å². The summed E-state index contributed by atoms with van der Waals surface area (Å²) in [5, 5.41) is 16.5. The third kappa shape index (κ3) is 4.48. The number of aryl methyl sites for hydroxylation is 1. The highest BCUT2D eigenvalue weighted by molar-refractivity contribution is 6.05. The number of rotatable bonds is 5. The Balaban J connectivity index is 1.64. The molecule has 0 saturated carbocycles. The van der Waals surface area contributed by atoms with Crippen molar-refractivity contribution in [1.82, 2.24) is 0 Å². The Morgan fingerprint density at radius 3 is 2.37 bits per heavy atom. The summed E-state index contributed by atoms with van der Waals surface area (Å²) in [6.45, 7) is 2.21. The first kappa shape index (κ1) is 18.5. The Hall–Kier alpha value is -3.26. The zero-order chi connectivity index (χ0) is 19.4. The minimum atomic E-state index is -0.516. The lowest BCUT2D eigenvalue weighted by molar-refractivity contribution is -0.385. The quantitative estimate of drug-likeness (QED) is 0.621. The van der Waals surface area contributed by atoms with E-state index in [0.717, 1.165) is 6.42 Å². The molecule has 0 bridgehead atoms. The summed E-state index contributed by atoms with van der Waals surface area (Å²) in [7, 11) is 0. The highest BCUT2D eigenvalue weighted by atomic mass is 16.6. The van der Waals surface area contributed by atoms with E-state index in [1.807, 2.05) is 0 Å². The molecular formula is C19H19N3O5. The van der Waals surface area contributed by atoms with Crippen LogP contribution in [0.25, 0.3) is 0 Å². The maximum atomic E-state index is 12.3. The minimum absolute atomic E-state index is 0.102. The van der Waals surface area contributed by atoms with Gasteiger partial charge in [0.05, 0.1) is 4.92 Å². The molecule has 2 N–H and O–H groups in total. The average molecular weight is 369 g/mol. The molecule has 8 nitrogen and oxygen atoms in total. The number of ether oxygens (including phenoxy) is 1. The first-order chi connectivity index (χ1) is 12.9. The van der Waals surface area contributed by atoms with Crippen molar-refractivity contribution < 1.29 is 19.2 Å². The number of hydrogen-bond donors (Lipinski definition) is 2. The average Bonchev–Trinajstić information content (AvgIpc) is 3.18. The van der Waals surface area contributed by atoms with E-state index < -0.39 is 16.9 Å². The number of nitro groups is 1. The van der Waals surface area contributed by atoms with Crippen molar-refractivity contribution in [3.05, 3.63) is 63.7 Å². The van der Waals surface area contributed by atoms with Crippen molar-refractivity contribution in [2.75, 3.05) is 17.2 Å². The molecule has 0 spiro atoms. The summed E-state index contributed by atoms with van der Waals surface area (Å²) < 4.78 is 5.33. The van der Waals surface area contributed by atoms with Crippen molar-refractivity contribution in [1.29, 1.82) is 0 Å². The van der Waals surface area contributed by atoms with Gasteiger partial charge in [-0.15, -0.1) is 0 Å². The maximum absolute atomic E-state index is 12.3. The number of amides is 2. The lowest BCUT2D eigenvalue weighted by atomic mass is 10.1. The maximum Gasteiger partial charge on any atom is 0.273 e. The molecule has 8 heteroatoms. The first-order valence-corrected chi connectivity index (χ1v) is 8.53. The fraction of sp³-hybridized carbons (Fsp3) is 0.263. The molecule has 0 aliphatic carbocycles. The Labute approximate surface area is 155 Å². The fourth-order valence-electron chi connectivity index (χ4n) is 2.79. The predicted octanol–water partition coefficient (Wildman–Crippen LogP) is 3.27. The number of nitrogens with one attached hydrogen (secondary N) is 2. The van der Waals surface area contributed by atoms with Gasteiger partial charge in [-0.05, 0) is 50.1 Å². The molecule has 1 aliphatic rings. The first-order valence-electron chi connectivity index (χ1n) is 8.53. The number of anilines is 2. The molecule has 1 atom stereocenters. The third-order valence-electron chi connectivity index (χ3n) is 4.30. The standard InChI is InChI=1S/C19H19N3O5/c1-12-4-5-13(11-16(12)22(25)26)18(23)20-14-6-8-15(9-7-14)21-19(24)17-3-2-10-27-17/h4-9,11,17H,2-3,10H2,1H3,(H,20,23)(H,21,24). The van der Waals surface area contributed by atoms with E-state index in [9.17, 15) is 19.7 Å². The van der Waals surface area contributed by atoms with Crippen molar-refractivity contribution in [2.45, 2.75) is 25.9 Å². The normalized spacial score (nSPS) is 16.0. The third-order valence-corrected chi connectivity index (χ3v) is 4.30. The summed E-state index contributed by atoms with van der Waals surface area (Å²) in [5.74, 6) is -0.634. The second-order valence-corrected chi connectivity index (χ2v) is 6.28. The van der Waals surface area contributed by atoms with Crippen LogP contribution >= 0.6 is 0 Å². The number of carbonyl (C=O) groups excluding carboxylic acids is 2. The Morgan fingerprint density at radius 1 is 1.11 bits per heavy atom. The molecule has 140 valence electrons. The van der Waals surface area contributed by atoms with Gasteiger partial charge in [0.1, 0.15) is 6.10 Å². The van der Waals surface area contributed by atoms with Gasteiger partial charge in [-0.2, -0.15) is 0 Å². The molecule has 1 fully saturated rings. The number of nitrogens with zero attached hydrogens (tertiary/aromatic N) is 1. The van der Waals surface area contributed by atoms with Gasteiger partial charge in [0, 0.05) is 35.2 Å². The highest BCUT2D eigenvalue weighted by Crippen LogP contribution is 2.21. The molecule has 27 heavy (non-hydrogen) atoms. The molecule has 1 saturated heterocycles. The molecule has 3 rings (SSSR count). The van der Waals surface area contributed by atoms with Gasteiger partial charge >= 0.3 is 0 Å². The summed E-state index contributed by atoms with van der Waals surface area (Å²) >= 11 is 0. The van der Waals surface area contributed by atoms with Crippen LogP contribution in [-0.2, 0) is 9.53 Å². The molecule has 2 aromatic carbocycles. The van der Waals surface area contributed by atoms with Gasteiger partial charge in [-0.25, -0.2) is 0 Å². The van der Waals surface area contributed by atoms with E-state index in [2.05, 4.69) is 10.6 Å². The van der Waals surface area contributed by atoms with Gasteiger partial charge in [-0.1, -0.05) is 6.07 Å². The molecule has 1 heterocycles. The number of carbonyl (C=O) groups is 2. The predicted molar refractivity (Wildman–Crippen MR) is 99.8 cm³/mol. The lowest BCUT2D eigenvalue weighted by Gasteiger charge is -2.11. The van der Waals surface area contributed by atoms with Crippen LogP contribution in [-0.4, -0.2) is 29.4 Å². The van der Waals surface area contributed by atoms with Gasteiger partial charge < -0.3 is 15.4 Å². The van der Waals surface area contributed by atoms with E-state index in [-0.39, 0.29) is 17.2 Å². The largest absolute Gasteiger partial charge is 0.368 e. The zero-order valence-corrected chi connectivity index (χ0v) is 14.7. The number of benzene rings is 2.